The van der Waals surface area contributed by atoms with Crippen molar-refractivity contribution in [2.75, 3.05) is 13.2 Å². The molecule has 0 saturated heterocycles. The molecule has 0 unspecified atom stereocenters. The third-order valence-electron chi connectivity index (χ3n) is 15.0. The molecule has 76 heavy (non-hydrogen) atoms. The molecule has 0 N–H and O–H groups in total. The summed E-state index contributed by atoms with van der Waals surface area (Å²) >= 11 is 0. The molecule has 2 aromatic heterocycles. The third kappa shape index (κ3) is 9.78. The van der Waals surface area contributed by atoms with E-state index in [-0.39, 0.29) is 73.2 Å². The lowest BCUT2D eigenvalue weighted by Gasteiger charge is -2.24. The zero-order valence-corrected chi connectivity index (χ0v) is 41.0. The fourth-order valence-electron chi connectivity index (χ4n) is 11.1. The topological polar surface area (TPSA) is 114 Å². The lowest BCUT2D eigenvalue weighted by molar-refractivity contribution is -0.138. The Balaban J connectivity index is 0.981. The summed E-state index contributed by atoms with van der Waals surface area (Å²) in [6, 6.07) is 27.8. The summed E-state index contributed by atoms with van der Waals surface area (Å²) in [4.78, 5) is 56.2. The van der Waals surface area contributed by atoms with E-state index in [0.29, 0.717) is 64.4 Å². The molecule has 0 atom stereocenters. The van der Waals surface area contributed by atoms with E-state index in [0.717, 1.165) is 80.2 Å². The fourth-order valence-corrected chi connectivity index (χ4v) is 11.1. The zero-order valence-electron chi connectivity index (χ0n) is 41.0. The van der Waals surface area contributed by atoms with Crippen molar-refractivity contribution in [3.63, 3.8) is 0 Å². The molecule has 11 rings (SSSR count). The second kappa shape index (κ2) is 20.3. The van der Waals surface area contributed by atoms with Gasteiger partial charge in [0, 0.05) is 50.0 Å². The van der Waals surface area contributed by atoms with Crippen LogP contribution < -0.4 is 25.3 Å². The summed E-state index contributed by atoms with van der Waals surface area (Å²) in [5.74, 6) is 0.669. The Morgan fingerprint density at radius 3 is 1.63 bits per heavy atom. The molecule has 15 heteroatoms. The highest BCUT2D eigenvalue weighted by Crippen LogP contribution is 2.47. The van der Waals surface area contributed by atoms with Crippen LogP contribution in [0.4, 0.5) is 26.3 Å². The Labute approximate surface area is 431 Å². The number of ether oxygens (including phenoxy) is 3. The lowest BCUT2D eigenvalue weighted by Crippen LogP contribution is -2.32. The van der Waals surface area contributed by atoms with E-state index in [1.54, 1.807) is 42.5 Å². The van der Waals surface area contributed by atoms with E-state index in [1.165, 1.54) is 67.4 Å². The number of hydrogen-bond donors (Lipinski definition) is 0. The van der Waals surface area contributed by atoms with Gasteiger partial charge in [-0.25, -0.2) is 4.57 Å². The Bertz CT molecular complexity index is 3700. The standard InChI is InChI=1S/C61H49F6NO8/c62-60(63,64)40-21-17-38(18-22-40)45-30-47-55-48(31-46(39-19-23-41(24-20-39)61(65,66)67)57-56(55)54(45)44-13-7-8-14-50(44)76-57)59(72)68(58(47)71)42-25-15-35(16-26-42)27-53(70)75-43-28-51(73-33-36-9-3-1-4-10-36)49(32-69)52(29-43)74-34-37-11-5-2-6-12-37/h7-8,13-26,28-32,36-37H,1-6,9-12,27,33-34H2. The largest absolute Gasteiger partial charge is 0.492 e. The first-order chi connectivity index (χ1) is 36.6. The van der Waals surface area contributed by atoms with Crippen LogP contribution in [0.5, 0.6) is 17.2 Å². The molecule has 2 fully saturated rings. The highest BCUT2D eigenvalue weighted by atomic mass is 19.4. The number of aromatic nitrogens is 1. The first-order valence-corrected chi connectivity index (χ1v) is 25.5. The monoisotopic (exact) mass is 1040 g/mol. The van der Waals surface area contributed by atoms with Gasteiger partial charge in [0.2, 0.25) is 0 Å². The van der Waals surface area contributed by atoms with E-state index in [4.69, 9.17) is 18.6 Å². The molecule has 0 amide bonds. The van der Waals surface area contributed by atoms with Gasteiger partial charge in [0.15, 0.2) is 6.29 Å². The molecule has 7 aromatic carbocycles. The summed E-state index contributed by atoms with van der Waals surface area (Å²) in [5.41, 5.74) is -0.906. The number of rotatable bonds is 13. The Morgan fingerprint density at radius 1 is 0.592 bits per heavy atom. The molecule has 2 aliphatic rings. The number of carbonyl (C=O) groups excluding carboxylic acids is 2. The molecule has 0 radical (unpaired) electrons. The molecular weight excluding hydrogens is 989 g/mol. The minimum Gasteiger partial charge on any atom is -0.492 e. The molecule has 9 aromatic rings. The van der Waals surface area contributed by atoms with Crippen molar-refractivity contribution in [2.24, 2.45) is 11.8 Å². The van der Waals surface area contributed by atoms with E-state index < -0.39 is 40.6 Å². The van der Waals surface area contributed by atoms with Gasteiger partial charge in [0.1, 0.15) is 28.4 Å². The maximum atomic E-state index is 15.0. The number of fused-ring (bicyclic) bond motifs is 2. The molecule has 2 heterocycles. The average Bonchev–Trinajstić information content (AvgIpc) is 3.53. The Morgan fingerprint density at radius 2 is 1.11 bits per heavy atom. The SMILES string of the molecule is O=Cc1c(OCC2CCCCC2)cc(OC(=O)Cc2ccc(-n3c(=O)c4cc(-c5ccc(C(F)(F)F)cc5)c5oc6ccccc6c6c(-c7ccc(C(F)(F)F)cc7)cc(c3=O)c4c56)cc2)cc1OCC1CCCCC1. The van der Waals surface area contributed by atoms with Gasteiger partial charge in [-0.15, -0.1) is 0 Å². The molecule has 2 saturated carbocycles. The number of benzene rings is 7. The van der Waals surface area contributed by atoms with Crippen molar-refractivity contribution >= 4 is 55.7 Å². The van der Waals surface area contributed by atoms with E-state index >= 15 is 0 Å². The van der Waals surface area contributed by atoms with Gasteiger partial charge < -0.3 is 18.6 Å². The quantitative estimate of drug-likeness (QED) is 0.0280. The summed E-state index contributed by atoms with van der Waals surface area (Å²) in [7, 11) is 0. The van der Waals surface area contributed by atoms with Crippen molar-refractivity contribution in [1.29, 1.82) is 0 Å². The van der Waals surface area contributed by atoms with Crippen LogP contribution >= 0.6 is 0 Å². The molecule has 0 spiro atoms. The second-order valence-corrected chi connectivity index (χ2v) is 20.0. The summed E-state index contributed by atoms with van der Waals surface area (Å²) in [6.07, 6.45) is 2.02. The van der Waals surface area contributed by atoms with Gasteiger partial charge in [0.25, 0.3) is 11.1 Å². The van der Waals surface area contributed by atoms with Gasteiger partial charge in [-0.2, -0.15) is 26.3 Å². The molecular formula is C61H49F6NO8. The molecule has 9 nitrogen and oxygen atoms in total. The number of aldehydes is 1. The van der Waals surface area contributed by atoms with Crippen molar-refractivity contribution in [3.8, 4) is 45.2 Å². The molecule has 2 aliphatic carbocycles. The number of alkyl halides is 6. The predicted octanol–water partition coefficient (Wildman–Crippen LogP) is 15.1. The van der Waals surface area contributed by atoms with Gasteiger partial charge in [0.05, 0.1) is 42.0 Å². The highest BCUT2D eigenvalue weighted by Gasteiger charge is 2.33. The van der Waals surface area contributed by atoms with Crippen LogP contribution in [0.3, 0.4) is 0 Å². The van der Waals surface area contributed by atoms with Crippen LogP contribution in [0, 0.1) is 11.8 Å². The number of nitrogens with zero attached hydrogens (tertiary/aromatic N) is 1. The van der Waals surface area contributed by atoms with Crippen molar-refractivity contribution < 1.29 is 54.6 Å². The van der Waals surface area contributed by atoms with E-state index in [2.05, 4.69) is 0 Å². The van der Waals surface area contributed by atoms with Crippen LogP contribution in [-0.2, 0) is 23.6 Å². The van der Waals surface area contributed by atoms with Crippen LogP contribution in [-0.4, -0.2) is 30.0 Å². The van der Waals surface area contributed by atoms with Crippen LogP contribution in [0.15, 0.2) is 135 Å². The Kier molecular flexibility index (Phi) is 13.4. The first-order valence-electron chi connectivity index (χ1n) is 25.5. The first kappa shape index (κ1) is 50.2. The minimum absolute atomic E-state index is 0.0175. The van der Waals surface area contributed by atoms with Crippen LogP contribution in [0.1, 0.15) is 91.3 Å². The second-order valence-electron chi connectivity index (χ2n) is 20.0. The van der Waals surface area contributed by atoms with Crippen LogP contribution in [0.25, 0.3) is 71.4 Å². The molecule has 0 bridgehead atoms. The summed E-state index contributed by atoms with van der Waals surface area (Å²) in [5, 5.41) is 1.46. The smallest absolute Gasteiger partial charge is 0.416 e. The van der Waals surface area contributed by atoms with Gasteiger partial charge >= 0.3 is 18.3 Å². The maximum Gasteiger partial charge on any atom is 0.416 e. The number of carbonyl (C=O) groups is 2. The lowest BCUT2D eigenvalue weighted by atomic mass is 9.87. The summed E-state index contributed by atoms with van der Waals surface area (Å²) < 4.78 is 109. The number of pyridine rings is 1. The minimum atomic E-state index is -4.65. The number of hydrogen-bond acceptors (Lipinski definition) is 8. The zero-order chi connectivity index (χ0) is 52.9. The van der Waals surface area contributed by atoms with Gasteiger partial charge in [-0.1, -0.05) is 93.1 Å². The fraction of sp³-hybridized carbons (Fsp3) is 0.279. The average molecular weight is 1040 g/mol. The Hall–Kier alpha value is -7.94. The van der Waals surface area contributed by atoms with Crippen molar-refractivity contribution in [3.05, 3.63) is 164 Å². The van der Waals surface area contributed by atoms with Gasteiger partial charge in [-0.05, 0) is 114 Å². The number of esters is 1. The maximum absolute atomic E-state index is 15.0. The highest BCUT2D eigenvalue weighted by molar-refractivity contribution is 6.32. The van der Waals surface area contributed by atoms with E-state index in [9.17, 15) is 45.5 Å². The number of para-hydroxylation sites is 1. The molecule has 0 aliphatic heterocycles. The third-order valence-corrected chi connectivity index (χ3v) is 15.0. The van der Waals surface area contributed by atoms with Gasteiger partial charge in [-0.3, -0.25) is 19.2 Å². The summed E-state index contributed by atoms with van der Waals surface area (Å²) in [6.45, 7) is 0.808. The molecule has 388 valence electrons. The predicted molar refractivity (Wildman–Crippen MR) is 278 cm³/mol. The van der Waals surface area contributed by atoms with E-state index in [1.807, 2.05) is 0 Å². The van der Waals surface area contributed by atoms with Crippen molar-refractivity contribution in [1.82, 2.24) is 4.57 Å². The van der Waals surface area contributed by atoms with Crippen molar-refractivity contribution in [2.45, 2.75) is 83.0 Å². The number of halogens is 6. The normalized spacial score (nSPS) is 15.0. The van der Waals surface area contributed by atoms with Crippen LogP contribution in [0.2, 0.25) is 0 Å².